The van der Waals surface area contributed by atoms with Crippen LogP contribution in [0.5, 0.6) is 5.75 Å². The normalized spacial score (nSPS) is 16.6. The molecule has 1 amide bonds. The Morgan fingerprint density at radius 1 is 1.10 bits per heavy atom. The fourth-order valence-electron chi connectivity index (χ4n) is 4.02. The van der Waals surface area contributed by atoms with Crippen molar-refractivity contribution in [3.05, 3.63) is 41.2 Å². The second-order valence-electron chi connectivity index (χ2n) is 7.86. The lowest BCUT2D eigenvalue weighted by Gasteiger charge is -2.29. The van der Waals surface area contributed by atoms with Crippen molar-refractivity contribution in [3.8, 4) is 5.75 Å². The molecule has 0 fully saturated rings. The molecule has 1 aromatic rings. The predicted molar refractivity (Wildman–Crippen MR) is 119 cm³/mol. The van der Waals surface area contributed by atoms with Gasteiger partial charge in [0.05, 0.1) is 18.7 Å². The van der Waals surface area contributed by atoms with Crippen LogP contribution in [0.4, 0.5) is 0 Å². The van der Waals surface area contributed by atoms with Crippen LogP contribution in [-0.4, -0.2) is 59.9 Å². The Bertz CT molecular complexity index is 751. The molecule has 0 aromatic heterocycles. The van der Waals surface area contributed by atoms with Crippen LogP contribution in [0.25, 0.3) is 0 Å². The van der Waals surface area contributed by atoms with Gasteiger partial charge in [-0.1, -0.05) is 44.9 Å². The molecule has 0 saturated carbocycles. The SMILES string of the molecule is CCCCN(CCCC)CCCN1C(=O)C(O)=C(C(C)=O)C1c1ccccc1OC. The van der Waals surface area contributed by atoms with E-state index in [0.717, 1.165) is 57.3 Å². The van der Waals surface area contributed by atoms with E-state index in [0.29, 0.717) is 12.3 Å². The molecule has 6 heteroatoms. The van der Waals surface area contributed by atoms with Crippen LogP contribution in [0.15, 0.2) is 35.6 Å². The van der Waals surface area contributed by atoms with Crippen LogP contribution >= 0.6 is 0 Å². The number of Topliss-reactive ketones (excluding diaryl/α,β-unsaturated/α-hetero) is 1. The number of para-hydroxylation sites is 1. The second-order valence-corrected chi connectivity index (χ2v) is 7.86. The van der Waals surface area contributed by atoms with E-state index in [2.05, 4.69) is 18.7 Å². The molecule has 0 bridgehead atoms. The molecule has 1 heterocycles. The van der Waals surface area contributed by atoms with Crippen molar-refractivity contribution >= 4 is 11.7 Å². The first-order valence-electron chi connectivity index (χ1n) is 11.1. The van der Waals surface area contributed by atoms with Gasteiger partial charge < -0.3 is 19.6 Å². The van der Waals surface area contributed by atoms with Crippen LogP contribution in [0.1, 0.15) is 64.5 Å². The van der Waals surface area contributed by atoms with Crippen LogP contribution in [-0.2, 0) is 9.59 Å². The molecule has 0 saturated heterocycles. The number of rotatable bonds is 13. The molecule has 1 unspecified atom stereocenters. The topological polar surface area (TPSA) is 70.1 Å². The molecule has 1 atom stereocenters. The van der Waals surface area contributed by atoms with Crippen LogP contribution in [0.2, 0.25) is 0 Å². The summed E-state index contributed by atoms with van der Waals surface area (Å²) in [5.74, 6) is -0.620. The van der Waals surface area contributed by atoms with Crippen molar-refractivity contribution in [3.63, 3.8) is 0 Å². The maximum Gasteiger partial charge on any atom is 0.290 e. The van der Waals surface area contributed by atoms with E-state index in [1.165, 1.54) is 6.92 Å². The van der Waals surface area contributed by atoms with Crippen molar-refractivity contribution in [1.29, 1.82) is 0 Å². The summed E-state index contributed by atoms with van der Waals surface area (Å²) in [4.78, 5) is 29.2. The summed E-state index contributed by atoms with van der Waals surface area (Å²) in [6, 6.07) is 6.73. The highest BCUT2D eigenvalue weighted by Crippen LogP contribution is 2.41. The van der Waals surface area contributed by atoms with E-state index in [-0.39, 0.29) is 11.4 Å². The van der Waals surface area contributed by atoms with Gasteiger partial charge in [-0.2, -0.15) is 0 Å². The second kappa shape index (κ2) is 11.7. The molecule has 0 spiro atoms. The molecule has 30 heavy (non-hydrogen) atoms. The van der Waals surface area contributed by atoms with E-state index in [1.807, 2.05) is 24.3 Å². The zero-order valence-corrected chi connectivity index (χ0v) is 18.8. The highest BCUT2D eigenvalue weighted by Gasteiger charge is 2.43. The molecular weight excluding hydrogens is 380 g/mol. The fourth-order valence-corrected chi connectivity index (χ4v) is 4.02. The Balaban J connectivity index is 2.20. The van der Waals surface area contributed by atoms with Gasteiger partial charge >= 0.3 is 0 Å². The summed E-state index contributed by atoms with van der Waals surface area (Å²) >= 11 is 0. The van der Waals surface area contributed by atoms with Gasteiger partial charge in [-0.3, -0.25) is 9.59 Å². The lowest BCUT2D eigenvalue weighted by Crippen LogP contribution is -2.35. The maximum absolute atomic E-state index is 12.8. The van der Waals surface area contributed by atoms with Gasteiger partial charge in [0.15, 0.2) is 11.5 Å². The Morgan fingerprint density at radius 3 is 2.27 bits per heavy atom. The van der Waals surface area contributed by atoms with Gasteiger partial charge in [0.1, 0.15) is 5.75 Å². The summed E-state index contributed by atoms with van der Waals surface area (Å²) in [7, 11) is 1.57. The van der Waals surface area contributed by atoms with Gasteiger partial charge in [-0.25, -0.2) is 0 Å². The minimum Gasteiger partial charge on any atom is -0.503 e. The highest BCUT2D eigenvalue weighted by atomic mass is 16.5. The minimum atomic E-state index is -0.620. The Hall–Kier alpha value is -2.34. The zero-order chi connectivity index (χ0) is 22.1. The average molecular weight is 417 g/mol. The summed E-state index contributed by atoms with van der Waals surface area (Å²) in [6.07, 6.45) is 5.41. The first kappa shape index (κ1) is 23.9. The predicted octanol–water partition coefficient (Wildman–Crippen LogP) is 4.27. The molecule has 0 radical (unpaired) electrons. The number of ether oxygens (including phenoxy) is 1. The lowest BCUT2D eigenvalue weighted by atomic mass is 9.96. The number of hydrogen-bond donors (Lipinski definition) is 1. The lowest BCUT2D eigenvalue weighted by molar-refractivity contribution is -0.129. The Kier molecular flexibility index (Phi) is 9.37. The number of carbonyl (C=O) groups is 2. The molecule has 166 valence electrons. The number of hydrogen-bond acceptors (Lipinski definition) is 5. The molecule has 1 aliphatic rings. The molecule has 0 aliphatic carbocycles. The van der Waals surface area contributed by atoms with Crippen LogP contribution in [0, 0.1) is 0 Å². The minimum absolute atomic E-state index is 0.151. The monoisotopic (exact) mass is 416 g/mol. The number of carbonyl (C=O) groups excluding carboxylic acids is 2. The fraction of sp³-hybridized carbons (Fsp3) is 0.583. The van der Waals surface area contributed by atoms with Crippen molar-refractivity contribution in [1.82, 2.24) is 9.80 Å². The van der Waals surface area contributed by atoms with Crippen molar-refractivity contribution in [2.75, 3.05) is 33.3 Å². The zero-order valence-electron chi connectivity index (χ0n) is 18.8. The number of ketones is 1. The first-order chi connectivity index (χ1) is 14.5. The van der Waals surface area contributed by atoms with E-state index in [9.17, 15) is 14.7 Å². The van der Waals surface area contributed by atoms with Gasteiger partial charge in [0.2, 0.25) is 0 Å². The largest absolute Gasteiger partial charge is 0.503 e. The van der Waals surface area contributed by atoms with Crippen molar-refractivity contribution in [2.45, 2.75) is 58.9 Å². The number of aliphatic hydroxyl groups is 1. The van der Waals surface area contributed by atoms with Crippen LogP contribution in [0.3, 0.4) is 0 Å². The van der Waals surface area contributed by atoms with Gasteiger partial charge in [-0.05, 0) is 51.9 Å². The third-order valence-corrected chi connectivity index (χ3v) is 5.65. The highest BCUT2D eigenvalue weighted by molar-refractivity contribution is 6.08. The molecule has 1 aromatic carbocycles. The third kappa shape index (κ3) is 5.63. The van der Waals surface area contributed by atoms with Crippen LogP contribution < -0.4 is 4.74 Å². The first-order valence-corrected chi connectivity index (χ1v) is 11.1. The number of benzene rings is 1. The van der Waals surface area contributed by atoms with Crippen molar-refractivity contribution in [2.24, 2.45) is 0 Å². The summed E-state index contributed by atoms with van der Waals surface area (Å²) in [6.45, 7) is 9.25. The average Bonchev–Trinajstić information content (AvgIpc) is 3.00. The molecule has 6 nitrogen and oxygen atoms in total. The van der Waals surface area contributed by atoms with Crippen molar-refractivity contribution < 1.29 is 19.4 Å². The molecule has 2 rings (SSSR count). The number of aliphatic hydroxyl groups excluding tert-OH is 1. The summed E-state index contributed by atoms with van der Waals surface area (Å²) in [5, 5.41) is 10.5. The van der Waals surface area contributed by atoms with Gasteiger partial charge in [0, 0.05) is 12.1 Å². The summed E-state index contributed by atoms with van der Waals surface area (Å²) in [5.41, 5.74) is 0.870. The smallest absolute Gasteiger partial charge is 0.290 e. The van der Waals surface area contributed by atoms with Gasteiger partial charge in [0.25, 0.3) is 5.91 Å². The molecular formula is C24H36N2O4. The quantitative estimate of drug-likeness (QED) is 0.520. The molecule has 1 N–H and O–H groups in total. The number of unbranched alkanes of at least 4 members (excludes halogenated alkanes) is 2. The van der Waals surface area contributed by atoms with E-state index >= 15 is 0 Å². The standard InChI is InChI=1S/C24H36N2O4/c1-5-7-14-25(15-8-6-2)16-11-17-26-22(19-12-9-10-13-20(19)30-4)21(18(3)27)23(28)24(26)29/h9-10,12-13,22,28H,5-8,11,14-17H2,1-4H3. The number of nitrogens with zero attached hydrogens (tertiary/aromatic N) is 2. The Labute approximate surface area is 180 Å². The maximum atomic E-state index is 12.8. The third-order valence-electron chi connectivity index (χ3n) is 5.65. The Morgan fingerprint density at radius 2 is 1.70 bits per heavy atom. The number of methoxy groups -OCH3 is 1. The number of amides is 1. The molecule has 1 aliphatic heterocycles. The van der Waals surface area contributed by atoms with E-state index < -0.39 is 17.7 Å². The van der Waals surface area contributed by atoms with Gasteiger partial charge in [-0.15, -0.1) is 0 Å². The van der Waals surface area contributed by atoms with E-state index in [4.69, 9.17) is 4.74 Å². The van der Waals surface area contributed by atoms with E-state index in [1.54, 1.807) is 12.0 Å². The summed E-state index contributed by atoms with van der Waals surface area (Å²) < 4.78 is 5.47.